The van der Waals surface area contributed by atoms with Crippen LogP contribution < -0.4 is 10.2 Å². The first-order chi connectivity index (χ1) is 9.60. The number of aromatic nitrogens is 2. The van der Waals surface area contributed by atoms with E-state index in [1.165, 1.54) is 11.3 Å². The number of carbonyl (C=O) groups excluding carboxylic acids is 1. The summed E-state index contributed by atoms with van der Waals surface area (Å²) in [5, 5.41) is 5.91. The predicted molar refractivity (Wildman–Crippen MR) is 77.6 cm³/mol. The summed E-state index contributed by atoms with van der Waals surface area (Å²) in [6.07, 6.45) is 1.70. The number of aryl methyl sites for hydroxylation is 1. The second-order valence-electron chi connectivity index (χ2n) is 4.35. The fourth-order valence-electron chi connectivity index (χ4n) is 1.77. The maximum Gasteiger partial charge on any atom is 0.225 e. The van der Waals surface area contributed by atoms with Crippen molar-refractivity contribution in [1.82, 2.24) is 15.3 Å². The van der Waals surface area contributed by atoms with E-state index in [-0.39, 0.29) is 5.91 Å². The third kappa shape index (κ3) is 3.64. The summed E-state index contributed by atoms with van der Waals surface area (Å²) in [5.41, 5.74) is 0.910. The number of hydrogen-bond acceptors (Lipinski definition) is 6. The zero-order valence-electron chi connectivity index (χ0n) is 11.8. The van der Waals surface area contributed by atoms with Gasteiger partial charge in [-0.3, -0.25) is 9.69 Å². The fraction of sp³-hybridized carbons (Fsp3) is 0.462. The lowest BCUT2D eigenvalue weighted by atomic mass is 10.4. The van der Waals surface area contributed by atoms with Crippen LogP contribution in [0.25, 0.3) is 0 Å². The van der Waals surface area contributed by atoms with Gasteiger partial charge in [0.15, 0.2) is 5.13 Å². The normalized spacial score (nSPS) is 10.8. The number of rotatable bonds is 6. The molecule has 2 aromatic rings. The monoisotopic (exact) mass is 294 g/mol. The number of hydrogen-bond donors (Lipinski definition) is 1. The first kappa shape index (κ1) is 14.7. The number of nitrogens with zero attached hydrogens (tertiary/aromatic N) is 3. The van der Waals surface area contributed by atoms with E-state index >= 15 is 0 Å². The van der Waals surface area contributed by atoms with Gasteiger partial charge in [-0.1, -0.05) is 0 Å². The molecule has 0 bridgehead atoms. The van der Waals surface area contributed by atoms with Crippen molar-refractivity contribution in [2.24, 2.45) is 0 Å². The molecule has 0 aliphatic carbocycles. The minimum Gasteiger partial charge on any atom is -0.445 e. The zero-order chi connectivity index (χ0) is 14.5. The molecular weight excluding hydrogens is 276 g/mol. The fourth-order valence-corrected chi connectivity index (χ4v) is 2.71. The van der Waals surface area contributed by atoms with Gasteiger partial charge in [0, 0.05) is 25.4 Å². The zero-order valence-corrected chi connectivity index (χ0v) is 12.7. The van der Waals surface area contributed by atoms with Crippen LogP contribution in [-0.4, -0.2) is 22.4 Å². The molecule has 2 aromatic heterocycles. The molecular formula is C13H18N4O2S. The lowest BCUT2D eigenvalue weighted by Crippen LogP contribution is -2.27. The molecule has 0 radical (unpaired) electrons. The van der Waals surface area contributed by atoms with E-state index in [0.29, 0.717) is 25.5 Å². The highest BCUT2D eigenvalue weighted by Gasteiger charge is 2.13. The average molecular weight is 294 g/mol. The van der Waals surface area contributed by atoms with Crippen LogP contribution in [0.1, 0.15) is 31.2 Å². The quantitative estimate of drug-likeness (QED) is 0.883. The molecule has 0 aromatic carbocycles. The van der Waals surface area contributed by atoms with Gasteiger partial charge >= 0.3 is 0 Å². The van der Waals surface area contributed by atoms with Crippen molar-refractivity contribution in [3.63, 3.8) is 0 Å². The van der Waals surface area contributed by atoms with Gasteiger partial charge in [0.1, 0.15) is 5.76 Å². The van der Waals surface area contributed by atoms with Gasteiger partial charge < -0.3 is 9.73 Å². The van der Waals surface area contributed by atoms with Crippen molar-refractivity contribution in [2.45, 2.75) is 33.9 Å². The third-order valence-corrected chi connectivity index (χ3v) is 3.63. The highest BCUT2D eigenvalue weighted by molar-refractivity contribution is 7.14. The summed E-state index contributed by atoms with van der Waals surface area (Å²) >= 11 is 1.48. The minimum atomic E-state index is 0.0108. The molecule has 20 heavy (non-hydrogen) atoms. The molecule has 0 atom stereocenters. The molecule has 1 N–H and O–H groups in total. The van der Waals surface area contributed by atoms with E-state index in [9.17, 15) is 4.79 Å². The Morgan fingerprint density at radius 2 is 2.30 bits per heavy atom. The van der Waals surface area contributed by atoms with Gasteiger partial charge in [-0.25, -0.2) is 9.97 Å². The Labute approximate surface area is 121 Å². The number of thiazole rings is 1. The van der Waals surface area contributed by atoms with E-state index in [2.05, 4.69) is 15.3 Å². The van der Waals surface area contributed by atoms with Gasteiger partial charge in [-0.2, -0.15) is 0 Å². The van der Waals surface area contributed by atoms with Crippen molar-refractivity contribution >= 4 is 22.4 Å². The predicted octanol–water partition coefficient (Wildman–Crippen LogP) is 2.10. The Kier molecular flexibility index (Phi) is 4.86. The summed E-state index contributed by atoms with van der Waals surface area (Å²) in [7, 11) is 0. The van der Waals surface area contributed by atoms with Gasteiger partial charge in [-0.15, -0.1) is 11.3 Å². The molecule has 0 unspecified atom stereocenters. The van der Waals surface area contributed by atoms with E-state index in [0.717, 1.165) is 16.6 Å². The number of carbonyl (C=O) groups is 1. The van der Waals surface area contributed by atoms with Crippen molar-refractivity contribution in [3.8, 4) is 0 Å². The van der Waals surface area contributed by atoms with Crippen LogP contribution >= 0.6 is 11.3 Å². The summed E-state index contributed by atoms with van der Waals surface area (Å²) < 4.78 is 5.37. The lowest BCUT2D eigenvalue weighted by molar-refractivity contribution is -0.116. The Hall–Kier alpha value is -1.73. The topological polar surface area (TPSA) is 71.3 Å². The standard InChI is InChI=1S/C13H18N4O2S/c1-4-17(10(3)18)13-16-11(8-20-13)6-14-7-12-15-5-9(2)19-12/h5,8,14H,4,6-7H2,1-3H3. The third-order valence-electron chi connectivity index (χ3n) is 2.72. The van der Waals surface area contributed by atoms with Crippen LogP contribution in [-0.2, 0) is 17.9 Å². The van der Waals surface area contributed by atoms with Crippen LogP contribution in [0.5, 0.6) is 0 Å². The highest BCUT2D eigenvalue weighted by Crippen LogP contribution is 2.20. The van der Waals surface area contributed by atoms with Crippen molar-refractivity contribution in [2.75, 3.05) is 11.4 Å². The van der Waals surface area contributed by atoms with Crippen LogP contribution in [0.2, 0.25) is 0 Å². The van der Waals surface area contributed by atoms with Gasteiger partial charge in [0.2, 0.25) is 11.8 Å². The SMILES string of the molecule is CCN(C(C)=O)c1nc(CNCc2ncc(C)o2)cs1. The largest absolute Gasteiger partial charge is 0.445 e. The molecule has 0 aliphatic rings. The summed E-state index contributed by atoms with van der Waals surface area (Å²) in [6, 6.07) is 0. The molecule has 2 rings (SSSR count). The van der Waals surface area contributed by atoms with Crippen molar-refractivity contribution in [1.29, 1.82) is 0 Å². The van der Waals surface area contributed by atoms with E-state index in [1.807, 2.05) is 19.2 Å². The Morgan fingerprint density at radius 3 is 2.90 bits per heavy atom. The summed E-state index contributed by atoms with van der Waals surface area (Å²) in [6.45, 7) is 7.16. The Bertz CT molecular complexity index is 578. The first-order valence-electron chi connectivity index (χ1n) is 6.44. The van der Waals surface area contributed by atoms with Crippen LogP contribution in [0.3, 0.4) is 0 Å². The molecule has 1 amide bonds. The van der Waals surface area contributed by atoms with Crippen molar-refractivity contribution in [3.05, 3.63) is 28.9 Å². The summed E-state index contributed by atoms with van der Waals surface area (Å²) in [4.78, 5) is 21.7. The second-order valence-corrected chi connectivity index (χ2v) is 5.19. The second kappa shape index (κ2) is 6.62. The Morgan fingerprint density at radius 1 is 1.50 bits per heavy atom. The molecule has 0 saturated carbocycles. The highest BCUT2D eigenvalue weighted by atomic mass is 32.1. The van der Waals surface area contributed by atoms with Gasteiger partial charge in [-0.05, 0) is 13.8 Å². The van der Waals surface area contributed by atoms with E-state index in [1.54, 1.807) is 18.0 Å². The maximum absolute atomic E-state index is 11.4. The van der Waals surface area contributed by atoms with Gasteiger partial charge in [0.25, 0.3) is 0 Å². The number of nitrogens with one attached hydrogen (secondary N) is 1. The maximum atomic E-state index is 11.4. The average Bonchev–Trinajstić information content (AvgIpc) is 3.00. The number of amides is 1. The molecule has 2 heterocycles. The number of anilines is 1. The lowest BCUT2D eigenvalue weighted by Gasteiger charge is -2.14. The van der Waals surface area contributed by atoms with Crippen molar-refractivity contribution < 1.29 is 9.21 Å². The summed E-state index contributed by atoms with van der Waals surface area (Å²) in [5.74, 6) is 1.48. The Balaban J connectivity index is 1.88. The smallest absolute Gasteiger partial charge is 0.225 e. The number of oxazole rings is 1. The van der Waals surface area contributed by atoms with E-state index < -0.39 is 0 Å². The molecule has 108 valence electrons. The van der Waals surface area contributed by atoms with E-state index in [4.69, 9.17) is 4.42 Å². The molecule has 6 nitrogen and oxygen atoms in total. The minimum absolute atomic E-state index is 0.0108. The van der Waals surface area contributed by atoms with Crippen LogP contribution in [0, 0.1) is 6.92 Å². The molecule has 7 heteroatoms. The molecule has 0 saturated heterocycles. The van der Waals surface area contributed by atoms with Crippen LogP contribution in [0.15, 0.2) is 16.0 Å². The molecule has 0 aliphatic heterocycles. The molecule has 0 fully saturated rings. The first-order valence-corrected chi connectivity index (χ1v) is 7.32. The molecule has 0 spiro atoms. The van der Waals surface area contributed by atoms with Crippen LogP contribution in [0.4, 0.5) is 5.13 Å². The van der Waals surface area contributed by atoms with Gasteiger partial charge in [0.05, 0.1) is 18.4 Å².